The number of rotatable bonds is 5. The van der Waals surface area contributed by atoms with Crippen LogP contribution in [0.1, 0.15) is 64.2 Å². The van der Waals surface area contributed by atoms with Gasteiger partial charge in [-0.3, -0.25) is 9.79 Å². The average molecular weight is 321 g/mol. The highest BCUT2D eigenvalue weighted by atomic mass is 16.5. The van der Waals surface area contributed by atoms with Gasteiger partial charge in [0.15, 0.2) is 5.96 Å². The van der Waals surface area contributed by atoms with Crippen molar-refractivity contribution in [2.24, 2.45) is 10.4 Å². The van der Waals surface area contributed by atoms with Crippen LogP contribution in [-0.4, -0.2) is 49.6 Å². The SMILES string of the molecule is CN=C(NCCCC(=O)OC1CCCC1)N1CCC2(CCC2)C1. The number of carbonyl (C=O) groups excluding carboxylic acids is 1. The molecule has 3 fully saturated rings. The molecule has 3 rings (SSSR count). The normalized spacial score (nSPS) is 24.0. The number of esters is 1. The predicted molar refractivity (Wildman–Crippen MR) is 91.4 cm³/mol. The topological polar surface area (TPSA) is 53.9 Å². The first kappa shape index (κ1) is 16.6. The van der Waals surface area contributed by atoms with Crippen molar-refractivity contribution in [3.05, 3.63) is 0 Å². The molecule has 0 aromatic rings. The zero-order valence-corrected chi connectivity index (χ0v) is 14.5. The molecule has 23 heavy (non-hydrogen) atoms. The minimum Gasteiger partial charge on any atom is -0.462 e. The minimum absolute atomic E-state index is 0.0386. The van der Waals surface area contributed by atoms with Crippen LogP contribution in [0, 0.1) is 5.41 Å². The second-order valence-electron chi connectivity index (χ2n) is 7.50. The van der Waals surface area contributed by atoms with E-state index in [2.05, 4.69) is 15.2 Å². The number of likely N-dealkylation sites (tertiary alicyclic amines) is 1. The van der Waals surface area contributed by atoms with Crippen LogP contribution in [-0.2, 0) is 9.53 Å². The van der Waals surface area contributed by atoms with Gasteiger partial charge in [0.1, 0.15) is 6.10 Å². The van der Waals surface area contributed by atoms with Gasteiger partial charge in [-0.2, -0.15) is 0 Å². The number of nitrogens with one attached hydrogen (secondary N) is 1. The third-order valence-electron chi connectivity index (χ3n) is 5.80. The van der Waals surface area contributed by atoms with Crippen molar-refractivity contribution in [2.75, 3.05) is 26.7 Å². The second kappa shape index (κ2) is 7.54. The fourth-order valence-electron chi connectivity index (χ4n) is 4.22. The maximum absolute atomic E-state index is 11.8. The molecule has 3 aliphatic rings. The molecule has 0 amide bonds. The highest BCUT2D eigenvalue weighted by Crippen LogP contribution is 2.47. The van der Waals surface area contributed by atoms with Crippen LogP contribution >= 0.6 is 0 Å². The Hall–Kier alpha value is -1.26. The van der Waals surface area contributed by atoms with Gasteiger partial charge >= 0.3 is 5.97 Å². The molecule has 2 aliphatic carbocycles. The zero-order chi connectivity index (χ0) is 16.1. The Morgan fingerprint density at radius 3 is 2.65 bits per heavy atom. The first-order chi connectivity index (χ1) is 11.2. The van der Waals surface area contributed by atoms with Crippen LogP contribution in [0.4, 0.5) is 0 Å². The Labute approximate surface area is 139 Å². The molecule has 0 bridgehead atoms. The number of aliphatic imine (C=N–C) groups is 1. The van der Waals surface area contributed by atoms with Crippen LogP contribution in [0.15, 0.2) is 4.99 Å². The summed E-state index contributed by atoms with van der Waals surface area (Å²) in [6, 6.07) is 0. The van der Waals surface area contributed by atoms with Gasteiger partial charge in [0.2, 0.25) is 0 Å². The van der Waals surface area contributed by atoms with E-state index in [0.29, 0.717) is 11.8 Å². The van der Waals surface area contributed by atoms with Crippen LogP contribution in [0.5, 0.6) is 0 Å². The first-order valence-electron chi connectivity index (χ1n) is 9.36. The quantitative estimate of drug-likeness (QED) is 0.366. The Kier molecular flexibility index (Phi) is 5.44. The van der Waals surface area contributed by atoms with Crippen molar-refractivity contribution in [2.45, 2.75) is 70.3 Å². The van der Waals surface area contributed by atoms with E-state index in [-0.39, 0.29) is 12.1 Å². The Balaban J connectivity index is 1.32. The fourth-order valence-corrected chi connectivity index (χ4v) is 4.22. The average Bonchev–Trinajstić information content (AvgIpc) is 3.16. The van der Waals surface area contributed by atoms with E-state index < -0.39 is 0 Å². The van der Waals surface area contributed by atoms with Gasteiger partial charge in [0.05, 0.1) is 0 Å². The van der Waals surface area contributed by atoms with Crippen LogP contribution in [0.2, 0.25) is 0 Å². The van der Waals surface area contributed by atoms with Crippen molar-refractivity contribution in [1.29, 1.82) is 0 Å². The van der Waals surface area contributed by atoms with Crippen LogP contribution < -0.4 is 5.32 Å². The molecule has 1 heterocycles. The summed E-state index contributed by atoms with van der Waals surface area (Å²) in [5.41, 5.74) is 0.586. The summed E-state index contributed by atoms with van der Waals surface area (Å²) in [6.45, 7) is 3.05. The van der Waals surface area contributed by atoms with Crippen LogP contribution in [0.3, 0.4) is 0 Å². The lowest BCUT2D eigenvalue weighted by molar-refractivity contribution is -0.148. The van der Waals surface area contributed by atoms with E-state index in [1.165, 1.54) is 38.5 Å². The predicted octanol–water partition coefficient (Wildman–Crippen LogP) is 2.70. The highest BCUT2D eigenvalue weighted by Gasteiger charge is 2.43. The molecule has 130 valence electrons. The van der Waals surface area contributed by atoms with Gasteiger partial charge in [0.25, 0.3) is 0 Å². The highest BCUT2D eigenvalue weighted by molar-refractivity contribution is 5.80. The van der Waals surface area contributed by atoms with Crippen molar-refractivity contribution >= 4 is 11.9 Å². The molecule has 1 spiro atoms. The van der Waals surface area contributed by atoms with E-state index in [9.17, 15) is 4.79 Å². The molecule has 0 unspecified atom stereocenters. The summed E-state index contributed by atoms with van der Waals surface area (Å²) in [5, 5.41) is 3.41. The van der Waals surface area contributed by atoms with E-state index >= 15 is 0 Å². The summed E-state index contributed by atoms with van der Waals surface area (Å²) in [7, 11) is 1.85. The number of hydrogen-bond donors (Lipinski definition) is 1. The molecule has 0 aromatic carbocycles. The molecule has 0 atom stereocenters. The lowest BCUT2D eigenvalue weighted by Crippen LogP contribution is -2.42. The van der Waals surface area contributed by atoms with Crippen molar-refractivity contribution in [3.8, 4) is 0 Å². The number of nitrogens with zero attached hydrogens (tertiary/aromatic N) is 2. The summed E-state index contributed by atoms with van der Waals surface area (Å²) in [4.78, 5) is 18.6. The molecule has 0 radical (unpaired) electrons. The summed E-state index contributed by atoms with van der Waals surface area (Å²) in [5.74, 6) is 0.959. The summed E-state index contributed by atoms with van der Waals surface area (Å²) in [6.07, 6.45) is 11.5. The lowest BCUT2D eigenvalue weighted by Gasteiger charge is -2.38. The zero-order valence-electron chi connectivity index (χ0n) is 14.5. The first-order valence-corrected chi connectivity index (χ1v) is 9.36. The molecule has 5 heteroatoms. The van der Waals surface area contributed by atoms with Crippen molar-refractivity contribution in [1.82, 2.24) is 10.2 Å². The molecule has 1 aliphatic heterocycles. The standard InChI is InChI=1S/C18H31N3O2/c1-19-17(21-13-11-18(14-21)9-5-10-18)20-12-4-8-16(22)23-15-6-2-3-7-15/h15H,2-14H2,1H3,(H,19,20). The van der Waals surface area contributed by atoms with Gasteiger partial charge in [-0.15, -0.1) is 0 Å². The number of carbonyl (C=O) groups is 1. The molecule has 0 aromatic heterocycles. The van der Waals surface area contributed by atoms with Crippen molar-refractivity contribution in [3.63, 3.8) is 0 Å². The second-order valence-corrected chi connectivity index (χ2v) is 7.50. The van der Waals surface area contributed by atoms with E-state index in [0.717, 1.165) is 44.9 Å². The third-order valence-corrected chi connectivity index (χ3v) is 5.80. The van der Waals surface area contributed by atoms with Crippen LogP contribution in [0.25, 0.3) is 0 Å². The largest absolute Gasteiger partial charge is 0.462 e. The van der Waals surface area contributed by atoms with E-state index in [1.807, 2.05) is 7.05 Å². The van der Waals surface area contributed by atoms with Gasteiger partial charge < -0.3 is 15.0 Å². The van der Waals surface area contributed by atoms with Gasteiger partial charge in [-0.1, -0.05) is 6.42 Å². The smallest absolute Gasteiger partial charge is 0.306 e. The Morgan fingerprint density at radius 1 is 1.26 bits per heavy atom. The van der Waals surface area contributed by atoms with Gasteiger partial charge in [-0.05, 0) is 56.8 Å². The summed E-state index contributed by atoms with van der Waals surface area (Å²) >= 11 is 0. The monoisotopic (exact) mass is 321 g/mol. The maximum atomic E-state index is 11.8. The Morgan fingerprint density at radius 2 is 2.04 bits per heavy atom. The number of guanidine groups is 1. The lowest BCUT2D eigenvalue weighted by atomic mass is 9.68. The maximum Gasteiger partial charge on any atom is 0.306 e. The molecule has 5 nitrogen and oxygen atoms in total. The van der Waals surface area contributed by atoms with E-state index in [1.54, 1.807) is 0 Å². The molecule has 2 saturated carbocycles. The molecular formula is C18H31N3O2. The van der Waals surface area contributed by atoms with Gasteiger partial charge in [0, 0.05) is 33.1 Å². The minimum atomic E-state index is -0.0386. The number of hydrogen-bond acceptors (Lipinski definition) is 3. The van der Waals surface area contributed by atoms with Gasteiger partial charge in [-0.25, -0.2) is 0 Å². The molecule has 1 N–H and O–H groups in total. The fraction of sp³-hybridized carbons (Fsp3) is 0.889. The summed E-state index contributed by atoms with van der Waals surface area (Å²) < 4.78 is 5.49. The van der Waals surface area contributed by atoms with E-state index in [4.69, 9.17) is 4.74 Å². The third kappa shape index (κ3) is 4.18. The Bertz CT molecular complexity index is 440. The van der Waals surface area contributed by atoms with Crippen molar-refractivity contribution < 1.29 is 9.53 Å². The molecular weight excluding hydrogens is 290 g/mol. The number of ether oxygens (including phenoxy) is 1. The molecule has 1 saturated heterocycles.